The number of ether oxygens (including phenoxy) is 1. The molecule has 0 aliphatic carbocycles. The van der Waals surface area contributed by atoms with Gasteiger partial charge in [-0.15, -0.1) is 0 Å². The van der Waals surface area contributed by atoms with Crippen molar-refractivity contribution in [1.29, 1.82) is 0 Å². The van der Waals surface area contributed by atoms with Gasteiger partial charge in [0.1, 0.15) is 5.75 Å². The summed E-state index contributed by atoms with van der Waals surface area (Å²) in [5.41, 5.74) is 2.20. The molecule has 0 aromatic heterocycles. The molecule has 0 aliphatic rings. The van der Waals surface area contributed by atoms with Crippen LogP contribution in [0.15, 0.2) is 53.5 Å². The molecule has 0 bridgehead atoms. The van der Waals surface area contributed by atoms with E-state index in [4.69, 9.17) is 4.74 Å². The van der Waals surface area contributed by atoms with Crippen molar-refractivity contribution in [2.24, 2.45) is 4.99 Å². The number of aliphatic imine (C=N–C) groups is 1. The minimum atomic E-state index is -3.28. The Hall–Kier alpha value is -2.34. The van der Waals surface area contributed by atoms with E-state index < -0.39 is 10.0 Å². The zero-order valence-corrected chi connectivity index (χ0v) is 14.2. The Morgan fingerprint density at radius 3 is 2.48 bits per heavy atom. The van der Waals surface area contributed by atoms with Gasteiger partial charge in [-0.1, -0.05) is 6.07 Å². The molecule has 0 aliphatic heterocycles. The first-order valence-electron chi connectivity index (χ1n) is 7.21. The van der Waals surface area contributed by atoms with E-state index in [2.05, 4.69) is 4.99 Å². The summed E-state index contributed by atoms with van der Waals surface area (Å²) >= 11 is 0. The molecule has 0 atom stereocenters. The van der Waals surface area contributed by atoms with Gasteiger partial charge in [0, 0.05) is 13.3 Å². The van der Waals surface area contributed by atoms with Gasteiger partial charge in [0.05, 0.1) is 24.2 Å². The molecule has 0 heterocycles. The number of sulfonamides is 1. The second-order valence-corrected chi connectivity index (χ2v) is 7.02. The lowest BCUT2D eigenvalue weighted by molar-refractivity contribution is 0.340. The Morgan fingerprint density at radius 1 is 1.17 bits per heavy atom. The van der Waals surface area contributed by atoms with Crippen LogP contribution in [0.3, 0.4) is 0 Å². The van der Waals surface area contributed by atoms with Crippen molar-refractivity contribution in [3.63, 3.8) is 0 Å². The Bertz CT molecular complexity index is 784. The van der Waals surface area contributed by atoms with Gasteiger partial charge in [0.25, 0.3) is 0 Å². The summed E-state index contributed by atoms with van der Waals surface area (Å²) in [6.45, 7) is 2.57. The number of nitrogens with zero attached hydrogens (tertiary/aromatic N) is 2. The molecule has 122 valence electrons. The molecule has 2 aromatic rings. The van der Waals surface area contributed by atoms with Crippen LogP contribution in [0.25, 0.3) is 0 Å². The minimum absolute atomic E-state index is 0.578. The fourth-order valence-corrected chi connectivity index (χ4v) is 2.42. The van der Waals surface area contributed by atoms with E-state index in [1.54, 1.807) is 24.4 Å². The number of rotatable bonds is 6. The number of hydrogen-bond acceptors (Lipinski definition) is 4. The lowest BCUT2D eigenvalue weighted by Crippen LogP contribution is -2.24. The van der Waals surface area contributed by atoms with Crippen molar-refractivity contribution in [2.45, 2.75) is 6.92 Å². The van der Waals surface area contributed by atoms with Crippen molar-refractivity contribution < 1.29 is 13.2 Å². The van der Waals surface area contributed by atoms with Crippen molar-refractivity contribution >= 4 is 27.6 Å². The Labute approximate surface area is 137 Å². The molecule has 0 amide bonds. The van der Waals surface area contributed by atoms with Crippen LogP contribution in [0.4, 0.5) is 11.4 Å². The summed E-state index contributed by atoms with van der Waals surface area (Å²) in [6.07, 6.45) is 2.90. The summed E-state index contributed by atoms with van der Waals surface area (Å²) in [5.74, 6) is 0.821. The quantitative estimate of drug-likeness (QED) is 0.763. The standard InChI is InChI=1S/C17H20N2O3S/c1-4-22-17-10-8-14(9-11-17)13-18-15-6-5-7-16(12-15)19(2)23(3,20)21/h5-13H,4H2,1-3H3. The van der Waals surface area contributed by atoms with E-state index in [0.717, 1.165) is 11.3 Å². The molecule has 2 rings (SSSR count). The summed E-state index contributed by atoms with van der Waals surface area (Å²) < 4.78 is 29.8. The van der Waals surface area contributed by atoms with E-state index in [9.17, 15) is 8.42 Å². The van der Waals surface area contributed by atoms with Crippen LogP contribution in [0.1, 0.15) is 12.5 Å². The lowest BCUT2D eigenvalue weighted by atomic mass is 10.2. The van der Waals surface area contributed by atoms with Crippen molar-refractivity contribution in [3.05, 3.63) is 54.1 Å². The van der Waals surface area contributed by atoms with Crippen molar-refractivity contribution in [1.82, 2.24) is 0 Å². The smallest absolute Gasteiger partial charge is 0.231 e. The first-order chi connectivity index (χ1) is 10.9. The predicted octanol–water partition coefficient (Wildman–Crippen LogP) is 3.23. The molecule has 0 spiro atoms. The fraction of sp³-hybridized carbons (Fsp3) is 0.235. The third kappa shape index (κ3) is 4.82. The summed E-state index contributed by atoms with van der Waals surface area (Å²) in [6, 6.07) is 14.7. The van der Waals surface area contributed by atoms with Gasteiger partial charge in [-0.3, -0.25) is 9.30 Å². The SMILES string of the molecule is CCOc1ccc(C=Nc2cccc(N(C)S(C)(=O)=O)c2)cc1. The van der Waals surface area contributed by atoms with Gasteiger partial charge in [0.15, 0.2) is 0 Å². The summed E-state index contributed by atoms with van der Waals surface area (Å²) in [5, 5.41) is 0. The molecule has 0 saturated carbocycles. The van der Waals surface area contributed by atoms with Crippen LogP contribution in [0.2, 0.25) is 0 Å². The van der Waals surface area contributed by atoms with Crippen LogP contribution >= 0.6 is 0 Å². The number of hydrogen-bond donors (Lipinski definition) is 0. The lowest BCUT2D eigenvalue weighted by Gasteiger charge is -2.16. The summed E-state index contributed by atoms with van der Waals surface area (Å²) in [4.78, 5) is 4.39. The Kier molecular flexibility index (Phi) is 5.39. The average molecular weight is 332 g/mol. The van der Waals surface area contributed by atoms with Gasteiger partial charge in [-0.05, 0) is 55.0 Å². The van der Waals surface area contributed by atoms with E-state index in [0.29, 0.717) is 18.0 Å². The van der Waals surface area contributed by atoms with Crippen LogP contribution in [0.5, 0.6) is 5.75 Å². The van der Waals surface area contributed by atoms with Gasteiger partial charge >= 0.3 is 0 Å². The second-order valence-electron chi connectivity index (χ2n) is 5.01. The normalized spacial score (nSPS) is 11.6. The molecule has 0 unspecified atom stereocenters. The molecule has 2 aromatic carbocycles. The highest BCUT2D eigenvalue weighted by atomic mass is 32.2. The van der Waals surface area contributed by atoms with E-state index in [1.807, 2.05) is 37.3 Å². The maximum Gasteiger partial charge on any atom is 0.231 e. The maximum absolute atomic E-state index is 11.6. The molecular weight excluding hydrogens is 312 g/mol. The average Bonchev–Trinajstić information content (AvgIpc) is 2.53. The predicted molar refractivity (Wildman–Crippen MR) is 94.6 cm³/mol. The van der Waals surface area contributed by atoms with Gasteiger partial charge in [0.2, 0.25) is 10.0 Å². The molecule has 0 N–H and O–H groups in total. The van der Waals surface area contributed by atoms with Crippen LogP contribution in [0, 0.1) is 0 Å². The maximum atomic E-state index is 11.6. The van der Waals surface area contributed by atoms with E-state index in [-0.39, 0.29) is 0 Å². The van der Waals surface area contributed by atoms with Crippen LogP contribution in [-0.2, 0) is 10.0 Å². The highest BCUT2D eigenvalue weighted by molar-refractivity contribution is 7.92. The largest absolute Gasteiger partial charge is 0.494 e. The molecule has 0 saturated heterocycles. The Morgan fingerprint density at radius 2 is 1.87 bits per heavy atom. The summed E-state index contributed by atoms with van der Waals surface area (Å²) in [7, 11) is -1.76. The monoisotopic (exact) mass is 332 g/mol. The van der Waals surface area contributed by atoms with Gasteiger partial charge in [-0.25, -0.2) is 8.42 Å². The van der Waals surface area contributed by atoms with Crippen LogP contribution in [-0.4, -0.2) is 34.5 Å². The molecule has 0 fully saturated rings. The van der Waals surface area contributed by atoms with Gasteiger partial charge < -0.3 is 4.74 Å². The first kappa shape index (κ1) is 17.0. The first-order valence-corrected chi connectivity index (χ1v) is 9.06. The molecule has 5 nitrogen and oxygen atoms in total. The third-order valence-electron chi connectivity index (χ3n) is 3.24. The zero-order chi connectivity index (χ0) is 16.9. The highest BCUT2D eigenvalue weighted by Gasteiger charge is 2.11. The topological polar surface area (TPSA) is 59.0 Å². The fourth-order valence-electron chi connectivity index (χ4n) is 1.93. The zero-order valence-electron chi connectivity index (χ0n) is 13.4. The van der Waals surface area contributed by atoms with Crippen molar-refractivity contribution in [2.75, 3.05) is 24.2 Å². The third-order valence-corrected chi connectivity index (χ3v) is 4.45. The number of anilines is 1. The molecule has 23 heavy (non-hydrogen) atoms. The van der Waals surface area contributed by atoms with Crippen molar-refractivity contribution in [3.8, 4) is 5.75 Å². The highest BCUT2D eigenvalue weighted by Crippen LogP contribution is 2.22. The molecular formula is C17H20N2O3S. The molecule has 0 radical (unpaired) electrons. The molecule has 6 heteroatoms. The minimum Gasteiger partial charge on any atom is -0.494 e. The Balaban J connectivity index is 2.16. The number of benzene rings is 2. The van der Waals surface area contributed by atoms with Crippen LogP contribution < -0.4 is 9.04 Å². The second kappa shape index (κ2) is 7.28. The van der Waals surface area contributed by atoms with E-state index >= 15 is 0 Å². The van der Waals surface area contributed by atoms with E-state index in [1.165, 1.54) is 17.6 Å². The van der Waals surface area contributed by atoms with Gasteiger partial charge in [-0.2, -0.15) is 0 Å².